The fraction of sp³-hybridized carbons (Fsp3) is 0.312. The van der Waals surface area contributed by atoms with E-state index in [4.69, 9.17) is 0 Å². The van der Waals surface area contributed by atoms with Crippen LogP contribution in [0.3, 0.4) is 0 Å². The number of H-pyrrole nitrogens is 1. The first kappa shape index (κ1) is 14.3. The summed E-state index contributed by atoms with van der Waals surface area (Å²) >= 11 is 0. The molecule has 2 N–H and O–H groups in total. The second-order valence-electron chi connectivity index (χ2n) is 5.34. The minimum atomic E-state index is -0.220. The van der Waals surface area contributed by atoms with Gasteiger partial charge in [-0.1, -0.05) is 6.92 Å². The minimum absolute atomic E-state index is 0.220. The zero-order chi connectivity index (χ0) is 15.7. The molecule has 0 fully saturated rings. The first-order chi connectivity index (χ1) is 10.6. The Labute approximate surface area is 128 Å². The molecule has 0 atom stereocenters. The number of aromatic amines is 1. The van der Waals surface area contributed by atoms with Gasteiger partial charge in [0.05, 0.1) is 17.4 Å². The largest absolute Gasteiger partial charge is 0.348 e. The van der Waals surface area contributed by atoms with Crippen LogP contribution in [-0.4, -0.2) is 25.4 Å². The molecule has 2 heterocycles. The molecule has 2 aromatic heterocycles. The van der Waals surface area contributed by atoms with Gasteiger partial charge in [0.15, 0.2) is 0 Å². The van der Waals surface area contributed by atoms with Gasteiger partial charge in [-0.3, -0.25) is 4.79 Å². The van der Waals surface area contributed by atoms with E-state index in [0.717, 1.165) is 41.2 Å². The summed E-state index contributed by atoms with van der Waals surface area (Å²) in [4.78, 5) is 23.7. The lowest BCUT2D eigenvalue weighted by molar-refractivity contribution is 0.102. The highest BCUT2D eigenvalue weighted by atomic mass is 16.1. The Morgan fingerprint density at radius 3 is 2.86 bits per heavy atom. The van der Waals surface area contributed by atoms with Crippen LogP contribution >= 0.6 is 0 Å². The maximum absolute atomic E-state index is 12.2. The number of nitrogens with one attached hydrogen (secondary N) is 2. The summed E-state index contributed by atoms with van der Waals surface area (Å²) in [5, 5.41) is 2.87. The van der Waals surface area contributed by atoms with Crippen molar-refractivity contribution in [3.8, 4) is 0 Å². The van der Waals surface area contributed by atoms with Crippen LogP contribution in [0.1, 0.15) is 35.4 Å². The molecule has 6 nitrogen and oxygen atoms in total. The maximum atomic E-state index is 12.2. The topological polar surface area (TPSA) is 75.6 Å². The number of carbonyl (C=O) groups is 1. The lowest BCUT2D eigenvalue weighted by atomic mass is 10.2. The smallest absolute Gasteiger partial charge is 0.276 e. The van der Waals surface area contributed by atoms with Crippen LogP contribution in [0.2, 0.25) is 0 Å². The fourth-order valence-corrected chi connectivity index (χ4v) is 2.61. The number of fused-ring (bicyclic) bond motifs is 1. The molecular weight excluding hydrogens is 278 g/mol. The molecule has 0 spiro atoms. The van der Waals surface area contributed by atoms with Crippen molar-refractivity contribution in [2.75, 3.05) is 5.32 Å². The van der Waals surface area contributed by atoms with Crippen molar-refractivity contribution >= 4 is 22.6 Å². The fourth-order valence-electron chi connectivity index (χ4n) is 2.61. The van der Waals surface area contributed by atoms with Crippen molar-refractivity contribution < 1.29 is 4.79 Å². The minimum Gasteiger partial charge on any atom is -0.348 e. The third kappa shape index (κ3) is 2.47. The van der Waals surface area contributed by atoms with Gasteiger partial charge in [-0.05, 0) is 38.5 Å². The molecule has 0 aliphatic rings. The number of anilines is 1. The van der Waals surface area contributed by atoms with Crippen molar-refractivity contribution in [1.29, 1.82) is 0 Å². The van der Waals surface area contributed by atoms with E-state index < -0.39 is 0 Å². The molecule has 0 saturated heterocycles. The van der Waals surface area contributed by atoms with E-state index in [9.17, 15) is 4.79 Å². The van der Waals surface area contributed by atoms with Crippen molar-refractivity contribution in [3.63, 3.8) is 0 Å². The normalized spacial score (nSPS) is 11.0. The summed E-state index contributed by atoms with van der Waals surface area (Å²) in [5.41, 5.74) is 3.87. The monoisotopic (exact) mass is 297 g/mol. The Bertz CT molecular complexity index is 830. The van der Waals surface area contributed by atoms with E-state index >= 15 is 0 Å². The Balaban J connectivity index is 1.90. The van der Waals surface area contributed by atoms with Gasteiger partial charge in [0.25, 0.3) is 5.91 Å². The molecule has 0 aliphatic carbocycles. The average Bonchev–Trinajstić information content (AvgIpc) is 3.03. The number of hydrogen-bond acceptors (Lipinski definition) is 3. The zero-order valence-corrected chi connectivity index (χ0v) is 13.0. The van der Waals surface area contributed by atoms with Crippen LogP contribution in [0.15, 0.2) is 24.5 Å². The van der Waals surface area contributed by atoms with E-state index in [2.05, 4.69) is 31.8 Å². The molecular formula is C16H19N5O. The zero-order valence-electron chi connectivity index (χ0n) is 13.0. The third-order valence-corrected chi connectivity index (χ3v) is 3.69. The Kier molecular flexibility index (Phi) is 3.66. The summed E-state index contributed by atoms with van der Waals surface area (Å²) in [6.07, 6.45) is 2.58. The number of aromatic nitrogens is 4. The molecule has 6 heteroatoms. The first-order valence-electron chi connectivity index (χ1n) is 7.38. The lowest BCUT2D eigenvalue weighted by Crippen LogP contribution is -2.13. The number of imidazole rings is 2. The van der Waals surface area contributed by atoms with E-state index in [-0.39, 0.29) is 5.91 Å². The van der Waals surface area contributed by atoms with E-state index in [1.54, 1.807) is 0 Å². The molecule has 114 valence electrons. The van der Waals surface area contributed by atoms with Crippen molar-refractivity contribution in [3.05, 3.63) is 41.7 Å². The molecule has 22 heavy (non-hydrogen) atoms. The van der Waals surface area contributed by atoms with Crippen LogP contribution in [-0.2, 0) is 6.54 Å². The van der Waals surface area contributed by atoms with Crippen LogP contribution in [0.25, 0.3) is 11.0 Å². The van der Waals surface area contributed by atoms with Crippen LogP contribution in [0, 0.1) is 13.8 Å². The molecule has 1 aromatic carbocycles. The van der Waals surface area contributed by atoms with Gasteiger partial charge >= 0.3 is 0 Å². The number of hydrogen-bond donors (Lipinski definition) is 2. The standard InChI is InChI=1S/C16H19N5O/c1-4-7-21-11(3)19-13-8-12(5-6-14(13)21)20-16(22)15-10(2)17-9-18-15/h5-6,8-9H,4,7H2,1-3H3,(H,17,18)(H,20,22). The molecule has 0 saturated carbocycles. The van der Waals surface area contributed by atoms with Crippen LogP contribution in [0.5, 0.6) is 0 Å². The number of nitrogens with zero attached hydrogens (tertiary/aromatic N) is 3. The number of benzene rings is 1. The number of rotatable bonds is 4. The van der Waals surface area contributed by atoms with E-state index in [0.29, 0.717) is 5.69 Å². The molecule has 0 radical (unpaired) electrons. The lowest BCUT2D eigenvalue weighted by Gasteiger charge is -2.06. The highest BCUT2D eigenvalue weighted by Crippen LogP contribution is 2.21. The molecule has 3 rings (SSSR count). The van der Waals surface area contributed by atoms with Gasteiger partial charge in [0.2, 0.25) is 0 Å². The highest BCUT2D eigenvalue weighted by molar-refractivity contribution is 6.04. The summed E-state index contributed by atoms with van der Waals surface area (Å²) in [6.45, 7) is 6.91. The van der Waals surface area contributed by atoms with Gasteiger partial charge < -0.3 is 14.9 Å². The van der Waals surface area contributed by atoms with E-state index in [1.165, 1.54) is 6.33 Å². The Hall–Kier alpha value is -2.63. The molecule has 0 aliphatic heterocycles. The summed E-state index contributed by atoms with van der Waals surface area (Å²) in [7, 11) is 0. The van der Waals surface area contributed by atoms with Crippen LogP contribution in [0.4, 0.5) is 5.69 Å². The SMILES string of the molecule is CCCn1c(C)nc2cc(NC(=O)c3nc[nH]c3C)ccc21. The predicted octanol–water partition coefficient (Wildman–Crippen LogP) is 3.04. The van der Waals surface area contributed by atoms with Crippen molar-refractivity contribution in [2.45, 2.75) is 33.7 Å². The average molecular weight is 297 g/mol. The summed E-state index contributed by atoms with van der Waals surface area (Å²) in [5.74, 6) is 0.770. The van der Waals surface area contributed by atoms with Crippen molar-refractivity contribution in [2.24, 2.45) is 0 Å². The van der Waals surface area contributed by atoms with Gasteiger partial charge in [-0.2, -0.15) is 0 Å². The summed E-state index contributed by atoms with van der Waals surface area (Å²) in [6, 6.07) is 5.79. The second kappa shape index (κ2) is 5.63. The Morgan fingerprint density at radius 2 is 2.18 bits per heavy atom. The molecule has 1 amide bonds. The maximum Gasteiger partial charge on any atom is 0.276 e. The molecule has 3 aromatic rings. The van der Waals surface area contributed by atoms with Gasteiger partial charge in [-0.15, -0.1) is 0 Å². The van der Waals surface area contributed by atoms with E-state index in [1.807, 2.05) is 32.0 Å². The number of amides is 1. The first-order valence-corrected chi connectivity index (χ1v) is 7.38. The molecule has 0 unspecified atom stereocenters. The number of carbonyl (C=O) groups excluding carboxylic acids is 1. The van der Waals surface area contributed by atoms with Gasteiger partial charge in [-0.25, -0.2) is 9.97 Å². The highest BCUT2D eigenvalue weighted by Gasteiger charge is 2.13. The molecule has 0 bridgehead atoms. The summed E-state index contributed by atoms with van der Waals surface area (Å²) < 4.78 is 2.19. The number of aryl methyl sites for hydroxylation is 3. The van der Waals surface area contributed by atoms with Crippen molar-refractivity contribution in [1.82, 2.24) is 19.5 Å². The van der Waals surface area contributed by atoms with Crippen LogP contribution < -0.4 is 5.32 Å². The van der Waals surface area contributed by atoms with Gasteiger partial charge in [0, 0.05) is 17.9 Å². The quantitative estimate of drug-likeness (QED) is 0.777. The van der Waals surface area contributed by atoms with Gasteiger partial charge in [0.1, 0.15) is 11.5 Å². The third-order valence-electron chi connectivity index (χ3n) is 3.69. The second-order valence-corrected chi connectivity index (χ2v) is 5.34. The Morgan fingerprint density at radius 1 is 1.36 bits per heavy atom. The predicted molar refractivity (Wildman–Crippen MR) is 86.0 cm³/mol.